The van der Waals surface area contributed by atoms with Crippen LogP contribution in [-0.2, 0) is 4.74 Å². The van der Waals surface area contributed by atoms with Gasteiger partial charge in [0.2, 0.25) is 0 Å². The molecular formula is C7H13BrO. The first-order chi connectivity index (χ1) is 4.35. The Morgan fingerprint density at radius 1 is 1.56 bits per heavy atom. The van der Waals surface area contributed by atoms with Crippen molar-refractivity contribution < 1.29 is 4.74 Å². The summed E-state index contributed by atoms with van der Waals surface area (Å²) in [6.45, 7) is 4.85. The lowest BCUT2D eigenvalue weighted by atomic mass is 10.4. The Bertz CT molecular complexity index is 88.9. The first kappa shape index (κ1) is 9.02. The molecule has 0 rings (SSSR count). The van der Waals surface area contributed by atoms with Gasteiger partial charge in [0.25, 0.3) is 0 Å². The van der Waals surface area contributed by atoms with E-state index in [1.54, 1.807) is 0 Å². The third-order valence-electron chi connectivity index (χ3n) is 0.893. The van der Waals surface area contributed by atoms with Crippen LogP contribution < -0.4 is 0 Å². The summed E-state index contributed by atoms with van der Waals surface area (Å²) in [4.78, 5) is 0. The highest BCUT2D eigenvalue weighted by molar-refractivity contribution is 9.09. The van der Waals surface area contributed by atoms with Gasteiger partial charge < -0.3 is 4.74 Å². The lowest BCUT2D eigenvalue weighted by molar-refractivity contribution is 0.232. The normalized spacial score (nSPS) is 11.7. The van der Waals surface area contributed by atoms with E-state index in [2.05, 4.69) is 28.9 Å². The van der Waals surface area contributed by atoms with Crippen LogP contribution in [-0.4, -0.2) is 11.9 Å². The van der Waals surface area contributed by atoms with Gasteiger partial charge in [0.05, 0.1) is 11.9 Å². The Balaban J connectivity index is 3.53. The van der Waals surface area contributed by atoms with Crippen molar-refractivity contribution in [2.24, 2.45) is 0 Å². The molecule has 0 aliphatic heterocycles. The second-order valence-corrected chi connectivity index (χ2v) is 2.21. The molecule has 0 fully saturated rings. The standard InChI is InChI=1S/C7H13BrO/c1-3-5-7(6-8)9-4-2/h5H,3-4,6H2,1-2H3/b7-5-. The summed E-state index contributed by atoms with van der Waals surface area (Å²) < 4.78 is 5.25. The van der Waals surface area contributed by atoms with Crippen molar-refractivity contribution in [2.45, 2.75) is 20.3 Å². The smallest absolute Gasteiger partial charge is 0.102 e. The monoisotopic (exact) mass is 192 g/mol. The van der Waals surface area contributed by atoms with Crippen molar-refractivity contribution in [1.29, 1.82) is 0 Å². The van der Waals surface area contributed by atoms with Gasteiger partial charge in [-0.1, -0.05) is 22.9 Å². The highest BCUT2D eigenvalue weighted by atomic mass is 79.9. The van der Waals surface area contributed by atoms with E-state index in [0.717, 1.165) is 24.1 Å². The van der Waals surface area contributed by atoms with E-state index in [1.165, 1.54) is 0 Å². The second-order valence-electron chi connectivity index (χ2n) is 1.65. The summed E-state index contributed by atoms with van der Waals surface area (Å²) >= 11 is 3.32. The van der Waals surface area contributed by atoms with Crippen LogP contribution in [0.25, 0.3) is 0 Å². The minimum atomic E-state index is 0.761. The van der Waals surface area contributed by atoms with Crippen molar-refractivity contribution in [2.75, 3.05) is 11.9 Å². The second kappa shape index (κ2) is 6.14. The molecule has 0 saturated heterocycles. The number of halogens is 1. The summed E-state index contributed by atoms with van der Waals surface area (Å²) in [5.74, 6) is 1.04. The Hall–Kier alpha value is 0.0200. The topological polar surface area (TPSA) is 9.23 Å². The largest absolute Gasteiger partial charge is 0.498 e. The van der Waals surface area contributed by atoms with Crippen molar-refractivity contribution >= 4 is 15.9 Å². The summed E-state index contributed by atoms with van der Waals surface area (Å²) in [6, 6.07) is 0. The number of hydrogen-bond donors (Lipinski definition) is 0. The Morgan fingerprint density at radius 2 is 2.22 bits per heavy atom. The Morgan fingerprint density at radius 3 is 2.56 bits per heavy atom. The molecule has 9 heavy (non-hydrogen) atoms. The molecule has 0 radical (unpaired) electrons. The molecule has 54 valence electrons. The van der Waals surface area contributed by atoms with Gasteiger partial charge in [-0.05, 0) is 19.4 Å². The molecular weight excluding hydrogens is 180 g/mol. The first-order valence-corrected chi connectivity index (χ1v) is 4.35. The number of allylic oxidation sites excluding steroid dienone is 2. The molecule has 0 bridgehead atoms. The van der Waals surface area contributed by atoms with E-state index in [-0.39, 0.29) is 0 Å². The summed E-state index contributed by atoms with van der Waals surface area (Å²) in [5.41, 5.74) is 0. The fourth-order valence-electron chi connectivity index (χ4n) is 0.565. The van der Waals surface area contributed by atoms with Crippen molar-refractivity contribution in [1.82, 2.24) is 0 Å². The zero-order valence-electron chi connectivity index (χ0n) is 5.98. The molecule has 0 N–H and O–H groups in total. The molecule has 1 nitrogen and oxygen atoms in total. The summed E-state index contributed by atoms with van der Waals surface area (Å²) in [7, 11) is 0. The van der Waals surface area contributed by atoms with Gasteiger partial charge in [-0.15, -0.1) is 0 Å². The third-order valence-corrected chi connectivity index (χ3v) is 1.45. The van der Waals surface area contributed by atoms with Crippen LogP contribution in [0.15, 0.2) is 11.8 Å². The van der Waals surface area contributed by atoms with Crippen LogP contribution in [0.4, 0.5) is 0 Å². The average Bonchev–Trinajstić information content (AvgIpc) is 1.88. The van der Waals surface area contributed by atoms with Gasteiger partial charge in [-0.3, -0.25) is 0 Å². The van der Waals surface area contributed by atoms with Crippen LogP contribution in [0.2, 0.25) is 0 Å². The van der Waals surface area contributed by atoms with Gasteiger partial charge in [0.15, 0.2) is 0 Å². The predicted molar refractivity (Wildman–Crippen MR) is 43.8 cm³/mol. The SMILES string of the molecule is CC/C=C(/CBr)OCC. The van der Waals surface area contributed by atoms with E-state index < -0.39 is 0 Å². The predicted octanol–water partition coefficient (Wildman–Crippen LogP) is 2.71. The maximum atomic E-state index is 5.25. The van der Waals surface area contributed by atoms with Gasteiger partial charge in [-0.25, -0.2) is 0 Å². The van der Waals surface area contributed by atoms with Crippen LogP contribution >= 0.6 is 15.9 Å². The van der Waals surface area contributed by atoms with Crippen LogP contribution in [0.1, 0.15) is 20.3 Å². The quantitative estimate of drug-likeness (QED) is 0.492. The maximum absolute atomic E-state index is 5.25. The molecule has 0 atom stereocenters. The van der Waals surface area contributed by atoms with Crippen molar-refractivity contribution in [3.63, 3.8) is 0 Å². The summed E-state index contributed by atoms with van der Waals surface area (Å²) in [6.07, 6.45) is 3.12. The van der Waals surface area contributed by atoms with E-state index in [1.807, 2.05) is 6.92 Å². The summed E-state index contributed by atoms with van der Waals surface area (Å²) in [5, 5.41) is 0.828. The molecule has 0 aromatic heterocycles. The number of ether oxygens (including phenoxy) is 1. The van der Waals surface area contributed by atoms with Crippen LogP contribution in [0.5, 0.6) is 0 Å². The average molecular weight is 193 g/mol. The molecule has 0 aromatic carbocycles. The van der Waals surface area contributed by atoms with Gasteiger partial charge >= 0.3 is 0 Å². The number of rotatable bonds is 4. The van der Waals surface area contributed by atoms with Gasteiger partial charge in [0.1, 0.15) is 5.76 Å². The van der Waals surface area contributed by atoms with E-state index >= 15 is 0 Å². The zero-order chi connectivity index (χ0) is 7.11. The maximum Gasteiger partial charge on any atom is 0.102 e. The number of hydrogen-bond acceptors (Lipinski definition) is 1. The minimum Gasteiger partial charge on any atom is -0.498 e. The highest BCUT2D eigenvalue weighted by Gasteiger charge is 1.89. The lowest BCUT2D eigenvalue weighted by Crippen LogP contribution is -1.91. The molecule has 0 saturated carbocycles. The van der Waals surface area contributed by atoms with Crippen LogP contribution in [0, 0.1) is 0 Å². The van der Waals surface area contributed by atoms with Crippen molar-refractivity contribution in [3.05, 3.63) is 11.8 Å². The van der Waals surface area contributed by atoms with E-state index in [9.17, 15) is 0 Å². The molecule has 0 spiro atoms. The fraction of sp³-hybridized carbons (Fsp3) is 0.714. The number of alkyl halides is 1. The molecule has 0 unspecified atom stereocenters. The minimum absolute atomic E-state index is 0.761. The molecule has 0 heterocycles. The molecule has 0 aliphatic carbocycles. The molecule has 0 amide bonds. The lowest BCUT2D eigenvalue weighted by Gasteiger charge is -2.02. The van der Waals surface area contributed by atoms with E-state index in [0.29, 0.717) is 0 Å². The molecule has 2 heteroatoms. The van der Waals surface area contributed by atoms with E-state index in [4.69, 9.17) is 4.74 Å². The zero-order valence-corrected chi connectivity index (χ0v) is 7.57. The fourth-order valence-corrected chi connectivity index (χ4v) is 0.956. The highest BCUT2D eigenvalue weighted by Crippen LogP contribution is 2.02. The Kier molecular flexibility index (Phi) is 6.16. The third kappa shape index (κ3) is 4.52. The molecule has 0 aromatic rings. The molecule has 0 aliphatic rings. The van der Waals surface area contributed by atoms with Gasteiger partial charge in [-0.2, -0.15) is 0 Å². The Labute approximate surface area is 65.2 Å². The van der Waals surface area contributed by atoms with Gasteiger partial charge in [0, 0.05) is 0 Å². The first-order valence-electron chi connectivity index (χ1n) is 3.22. The van der Waals surface area contributed by atoms with Crippen molar-refractivity contribution in [3.8, 4) is 0 Å². The van der Waals surface area contributed by atoms with Crippen LogP contribution in [0.3, 0.4) is 0 Å².